The lowest BCUT2D eigenvalue weighted by Gasteiger charge is -2.16. The van der Waals surface area contributed by atoms with Gasteiger partial charge >= 0.3 is 0 Å². The Balaban J connectivity index is 1.31. The Morgan fingerprint density at radius 1 is 1.03 bits per heavy atom. The summed E-state index contributed by atoms with van der Waals surface area (Å²) in [5.41, 5.74) is 2.10. The van der Waals surface area contributed by atoms with Crippen LogP contribution in [-0.4, -0.2) is 46.3 Å². The minimum absolute atomic E-state index is 0.217. The number of fused-ring (bicyclic) bond motifs is 1. The smallest absolute Gasteiger partial charge is 0.227 e. The molecule has 0 radical (unpaired) electrons. The number of rotatable bonds is 7. The molecule has 166 valence electrons. The first-order chi connectivity index (χ1) is 15.2. The van der Waals surface area contributed by atoms with E-state index in [1.54, 1.807) is 0 Å². The monoisotopic (exact) mass is 423 g/mol. The maximum atomic E-state index is 11.9. The van der Waals surface area contributed by atoms with E-state index in [2.05, 4.69) is 44.5 Å². The molecule has 1 aromatic heterocycles. The lowest BCUT2D eigenvalue weighted by Crippen LogP contribution is -2.38. The van der Waals surface area contributed by atoms with E-state index in [4.69, 9.17) is 4.99 Å². The highest BCUT2D eigenvalue weighted by atomic mass is 16.2. The van der Waals surface area contributed by atoms with Crippen LogP contribution in [0, 0.1) is 0 Å². The highest BCUT2D eigenvalue weighted by Gasteiger charge is 2.21. The molecule has 1 saturated heterocycles. The molecular formula is C23H33N7O. The van der Waals surface area contributed by atoms with Crippen molar-refractivity contribution in [2.24, 2.45) is 4.99 Å². The van der Waals surface area contributed by atoms with Gasteiger partial charge < -0.3 is 20.1 Å². The molecule has 2 aliphatic rings. The van der Waals surface area contributed by atoms with E-state index in [9.17, 15) is 4.79 Å². The molecule has 1 aromatic carbocycles. The molecule has 0 atom stereocenters. The Morgan fingerprint density at radius 3 is 2.68 bits per heavy atom. The molecular weight excluding hydrogens is 390 g/mol. The normalized spacial score (nSPS) is 16.9. The van der Waals surface area contributed by atoms with Gasteiger partial charge in [0.1, 0.15) is 11.6 Å². The van der Waals surface area contributed by atoms with Gasteiger partial charge in [-0.15, -0.1) is 10.2 Å². The summed E-state index contributed by atoms with van der Waals surface area (Å²) in [4.78, 5) is 18.5. The third-order valence-corrected chi connectivity index (χ3v) is 5.91. The Bertz CT molecular complexity index is 903. The van der Waals surface area contributed by atoms with Gasteiger partial charge in [-0.2, -0.15) is 0 Å². The number of hydrogen-bond donors (Lipinski definition) is 2. The zero-order chi connectivity index (χ0) is 21.5. The summed E-state index contributed by atoms with van der Waals surface area (Å²) in [7, 11) is 0. The Hall–Kier alpha value is -2.90. The quantitative estimate of drug-likeness (QED) is 0.528. The SMILES string of the molecule is CCNC(=NCc1ccc(N2CCCC2=O)cc1)NCCc1nnc2n1CCCCC2. The number of anilines is 1. The van der Waals surface area contributed by atoms with E-state index in [-0.39, 0.29) is 5.91 Å². The number of carbonyl (C=O) groups excluding carboxylic acids is 1. The standard InChI is InChI=1S/C23H33N7O/c1-2-24-23(25-14-13-21-28-27-20-7-4-3-5-15-30(20)21)26-17-18-9-11-19(12-10-18)29-16-6-8-22(29)31/h9-12H,2-8,13-17H2,1H3,(H2,24,25,26). The topological polar surface area (TPSA) is 87.4 Å². The minimum Gasteiger partial charge on any atom is -0.357 e. The van der Waals surface area contributed by atoms with Crippen LogP contribution in [0.5, 0.6) is 0 Å². The molecule has 2 aromatic rings. The van der Waals surface area contributed by atoms with Gasteiger partial charge in [-0.25, -0.2) is 4.99 Å². The maximum absolute atomic E-state index is 11.9. The average molecular weight is 424 g/mol. The number of nitrogens with one attached hydrogen (secondary N) is 2. The summed E-state index contributed by atoms with van der Waals surface area (Å²) in [6.45, 7) is 6.08. The molecule has 0 unspecified atom stereocenters. The van der Waals surface area contributed by atoms with Gasteiger partial charge in [-0.1, -0.05) is 18.6 Å². The van der Waals surface area contributed by atoms with Gasteiger partial charge in [0.25, 0.3) is 0 Å². The number of amides is 1. The summed E-state index contributed by atoms with van der Waals surface area (Å²) >= 11 is 0. The second-order valence-electron chi connectivity index (χ2n) is 8.18. The van der Waals surface area contributed by atoms with Crippen LogP contribution in [0.25, 0.3) is 0 Å². The molecule has 3 heterocycles. The van der Waals surface area contributed by atoms with E-state index in [1.165, 1.54) is 19.3 Å². The first kappa shape index (κ1) is 21.3. The number of hydrogen-bond acceptors (Lipinski definition) is 4. The first-order valence-corrected chi connectivity index (χ1v) is 11.6. The number of guanidine groups is 1. The van der Waals surface area contributed by atoms with Crippen LogP contribution in [0.15, 0.2) is 29.3 Å². The van der Waals surface area contributed by atoms with Gasteiger partial charge in [-0.3, -0.25) is 4.79 Å². The van der Waals surface area contributed by atoms with Gasteiger partial charge in [0.05, 0.1) is 6.54 Å². The Labute approximate surface area is 184 Å². The maximum Gasteiger partial charge on any atom is 0.227 e. The number of benzene rings is 1. The molecule has 4 rings (SSSR count). The van der Waals surface area contributed by atoms with Crippen molar-refractivity contribution < 1.29 is 4.79 Å². The largest absolute Gasteiger partial charge is 0.357 e. The molecule has 1 fully saturated rings. The van der Waals surface area contributed by atoms with E-state index in [1.807, 2.05) is 17.0 Å². The van der Waals surface area contributed by atoms with Gasteiger partial charge in [0.2, 0.25) is 5.91 Å². The predicted octanol–water partition coefficient (Wildman–Crippen LogP) is 2.43. The van der Waals surface area contributed by atoms with E-state index < -0.39 is 0 Å². The van der Waals surface area contributed by atoms with Crippen molar-refractivity contribution in [1.29, 1.82) is 0 Å². The fraction of sp³-hybridized carbons (Fsp3) is 0.565. The van der Waals surface area contributed by atoms with Crippen LogP contribution in [0.2, 0.25) is 0 Å². The molecule has 8 heteroatoms. The van der Waals surface area contributed by atoms with Gasteiger partial charge in [0.15, 0.2) is 5.96 Å². The van der Waals surface area contributed by atoms with Crippen molar-refractivity contribution in [2.75, 3.05) is 24.5 Å². The lowest BCUT2D eigenvalue weighted by molar-refractivity contribution is -0.117. The first-order valence-electron chi connectivity index (χ1n) is 11.6. The van der Waals surface area contributed by atoms with Crippen LogP contribution in [-0.2, 0) is 30.7 Å². The number of aromatic nitrogens is 3. The highest BCUT2D eigenvalue weighted by Crippen LogP contribution is 2.21. The summed E-state index contributed by atoms with van der Waals surface area (Å²) < 4.78 is 2.30. The van der Waals surface area contributed by atoms with Gasteiger partial charge in [0, 0.05) is 51.1 Å². The predicted molar refractivity (Wildman–Crippen MR) is 122 cm³/mol. The molecule has 2 N–H and O–H groups in total. The fourth-order valence-electron chi connectivity index (χ4n) is 4.24. The fourth-order valence-corrected chi connectivity index (χ4v) is 4.24. The Kier molecular flexibility index (Phi) is 7.17. The molecule has 31 heavy (non-hydrogen) atoms. The molecule has 0 bridgehead atoms. The number of nitrogens with zero attached hydrogens (tertiary/aromatic N) is 5. The summed E-state index contributed by atoms with van der Waals surface area (Å²) in [6.07, 6.45) is 7.16. The van der Waals surface area contributed by atoms with Crippen LogP contribution in [0.1, 0.15) is 56.2 Å². The van der Waals surface area contributed by atoms with Crippen LogP contribution in [0.3, 0.4) is 0 Å². The minimum atomic E-state index is 0.217. The molecule has 0 aliphatic carbocycles. The van der Waals surface area contributed by atoms with Crippen molar-refractivity contribution in [3.05, 3.63) is 41.5 Å². The third kappa shape index (κ3) is 5.42. The zero-order valence-electron chi connectivity index (χ0n) is 18.4. The molecule has 1 amide bonds. The number of aliphatic imine (C=N–C) groups is 1. The lowest BCUT2D eigenvalue weighted by atomic mass is 10.2. The van der Waals surface area contributed by atoms with Crippen molar-refractivity contribution in [3.63, 3.8) is 0 Å². The third-order valence-electron chi connectivity index (χ3n) is 5.91. The summed E-state index contributed by atoms with van der Waals surface area (Å²) in [6, 6.07) is 8.15. The van der Waals surface area contributed by atoms with Crippen LogP contribution < -0.4 is 15.5 Å². The van der Waals surface area contributed by atoms with E-state index in [0.717, 1.165) is 74.3 Å². The molecule has 0 spiro atoms. The van der Waals surface area contributed by atoms with Crippen molar-refractivity contribution in [3.8, 4) is 0 Å². The summed E-state index contributed by atoms with van der Waals surface area (Å²) in [5, 5.41) is 15.5. The second-order valence-corrected chi connectivity index (χ2v) is 8.18. The van der Waals surface area contributed by atoms with E-state index in [0.29, 0.717) is 13.0 Å². The van der Waals surface area contributed by atoms with Gasteiger partial charge in [-0.05, 0) is 43.9 Å². The van der Waals surface area contributed by atoms with Crippen LogP contribution in [0.4, 0.5) is 5.69 Å². The molecule has 2 aliphatic heterocycles. The van der Waals surface area contributed by atoms with Crippen molar-refractivity contribution in [2.45, 2.75) is 65.0 Å². The molecule has 0 saturated carbocycles. The summed E-state index contributed by atoms with van der Waals surface area (Å²) in [5.74, 6) is 3.21. The van der Waals surface area contributed by atoms with Crippen molar-refractivity contribution >= 4 is 17.6 Å². The molecule has 8 nitrogen and oxygen atoms in total. The number of carbonyl (C=O) groups is 1. The highest BCUT2D eigenvalue weighted by molar-refractivity contribution is 5.95. The Morgan fingerprint density at radius 2 is 1.90 bits per heavy atom. The average Bonchev–Trinajstić information content (AvgIpc) is 3.30. The van der Waals surface area contributed by atoms with Crippen LogP contribution >= 0.6 is 0 Å². The van der Waals surface area contributed by atoms with E-state index >= 15 is 0 Å². The second kappa shape index (κ2) is 10.4. The number of aryl methyl sites for hydroxylation is 1. The zero-order valence-corrected chi connectivity index (χ0v) is 18.4. The van der Waals surface area contributed by atoms with Crippen molar-refractivity contribution in [1.82, 2.24) is 25.4 Å².